The van der Waals surface area contributed by atoms with Crippen molar-refractivity contribution in [3.8, 4) is 0 Å². The first-order valence-corrected chi connectivity index (χ1v) is 10.4. The van der Waals surface area contributed by atoms with Crippen molar-refractivity contribution in [1.82, 2.24) is 9.29 Å². The maximum atomic E-state index is 15.2. The molecule has 0 radical (unpaired) electrons. The smallest absolute Gasteiger partial charge is 0.369 e. The first kappa shape index (κ1) is 23.4. The number of carbonyl (C=O) groups is 1. The van der Waals surface area contributed by atoms with Crippen molar-refractivity contribution in [1.29, 1.82) is 0 Å². The van der Waals surface area contributed by atoms with Crippen LogP contribution < -0.4 is 11.1 Å². The van der Waals surface area contributed by atoms with E-state index in [4.69, 9.17) is 5.73 Å². The molecule has 0 saturated heterocycles. The Balaban J connectivity index is 1.98. The Bertz CT molecular complexity index is 1210. The molecule has 0 aliphatic carbocycles. The number of rotatable bonds is 3. The maximum Gasteiger partial charge on any atom is 0.417 e. The van der Waals surface area contributed by atoms with Crippen LogP contribution >= 0.6 is 0 Å². The van der Waals surface area contributed by atoms with Crippen molar-refractivity contribution in [2.24, 2.45) is 10.7 Å². The van der Waals surface area contributed by atoms with Gasteiger partial charge in [0.05, 0.1) is 22.6 Å². The summed E-state index contributed by atoms with van der Waals surface area (Å²) in [5, 5.41) is 2.09. The zero-order chi connectivity index (χ0) is 24.1. The van der Waals surface area contributed by atoms with Gasteiger partial charge >= 0.3 is 6.18 Å². The number of halogens is 5. The molecule has 1 aliphatic heterocycles. The lowest BCUT2D eigenvalue weighted by molar-refractivity contribution is -0.137. The van der Waals surface area contributed by atoms with E-state index in [0.29, 0.717) is 16.6 Å². The fraction of sp³-hybridized carbons (Fsp3) is 0.278. The molecule has 172 valence electrons. The Labute approximate surface area is 179 Å². The number of aliphatic imine (C=N–C) groups is 1. The minimum atomic E-state index is -4.66. The van der Waals surface area contributed by atoms with E-state index in [1.165, 1.54) is 0 Å². The van der Waals surface area contributed by atoms with E-state index in [2.05, 4.69) is 15.3 Å². The Hall–Kier alpha value is -3.29. The molecule has 8 nitrogen and oxygen atoms in total. The van der Waals surface area contributed by atoms with Crippen molar-refractivity contribution in [2.75, 3.05) is 18.1 Å². The number of sulfonamides is 1. The summed E-state index contributed by atoms with van der Waals surface area (Å²) in [5.74, 6) is -4.81. The highest BCUT2D eigenvalue weighted by Crippen LogP contribution is 2.37. The monoisotopic (exact) mass is 477 g/mol. The number of anilines is 1. The van der Waals surface area contributed by atoms with Gasteiger partial charge in [0.25, 0.3) is 5.91 Å². The van der Waals surface area contributed by atoms with E-state index in [-0.39, 0.29) is 0 Å². The summed E-state index contributed by atoms with van der Waals surface area (Å²) < 4.78 is 92.9. The van der Waals surface area contributed by atoms with E-state index >= 15 is 4.39 Å². The molecule has 1 aromatic carbocycles. The second kappa shape index (κ2) is 7.69. The van der Waals surface area contributed by atoms with Crippen molar-refractivity contribution >= 4 is 27.6 Å². The van der Waals surface area contributed by atoms with Gasteiger partial charge in [-0.3, -0.25) is 9.78 Å². The molecule has 0 saturated carbocycles. The van der Waals surface area contributed by atoms with Crippen molar-refractivity contribution in [3.05, 3.63) is 58.9 Å². The van der Waals surface area contributed by atoms with Gasteiger partial charge in [-0.2, -0.15) is 13.2 Å². The molecule has 14 heteroatoms. The third kappa shape index (κ3) is 4.22. The van der Waals surface area contributed by atoms with Gasteiger partial charge < -0.3 is 11.1 Å². The Kier molecular flexibility index (Phi) is 5.62. The second-order valence-electron chi connectivity index (χ2n) is 7.14. The molecule has 0 bridgehead atoms. The maximum absolute atomic E-state index is 15.2. The molecule has 32 heavy (non-hydrogen) atoms. The summed E-state index contributed by atoms with van der Waals surface area (Å²) in [6.07, 6.45) is -4.23. The number of guanidine groups is 1. The number of nitrogens with one attached hydrogen (secondary N) is 1. The van der Waals surface area contributed by atoms with Gasteiger partial charge in [0.2, 0.25) is 16.0 Å². The lowest BCUT2D eigenvalue weighted by Gasteiger charge is -2.35. The van der Waals surface area contributed by atoms with Crippen LogP contribution in [-0.4, -0.2) is 42.4 Å². The van der Waals surface area contributed by atoms with Crippen LogP contribution in [0.25, 0.3) is 0 Å². The van der Waals surface area contributed by atoms with E-state index in [1.807, 2.05) is 0 Å². The van der Waals surface area contributed by atoms with Crippen LogP contribution in [0.3, 0.4) is 0 Å². The highest BCUT2D eigenvalue weighted by molar-refractivity contribution is 7.89. The minimum absolute atomic E-state index is 0.434. The fourth-order valence-corrected chi connectivity index (χ4v) is 4.54. The van der Waals surface area contributed by atoms with Crippen LogP contribution in [0.15, 0.2) is 35.5 Å². The third-order valence-corrected chi connectivity index (χ3v) is 6.71. The number of nitrogens with two attached hydrogens (primary N) is 1. The predicted molar refractivity (Wildman–Crippen MR) is 104 cm³/mol. The molecule has 3 rings (SSSR count). The number of carbonyl (C=O) groups excluding carboxylic acids is 1. The summed E-state index contributed by atoms with van der Waals surface area (Å²) in [5.41, 5.74) is 0.794. The number of alkyl halides is 3. The average Bonchev–Trinajstić information content (AvgIpc) is 2.67. The minimum Gasteiger partial charge on any atom is -0.369 e. The molecule has 1 aliphatic rings. The average molecular weight is 477 g/mol. The first-order chi connectivity index (χ1) is 14.7. The summed E-state index contributed by atoms with van der Waals surface area (Å²) in [6.45, 7) is 1.16. The van der Waals surface area contributed by atoms with Gasteiger partial charge in [0.15, 0.2) is 5.82 Å². The van der Waals surface area contributed by atoms with Gasteiger partial charge in [0, 0.05) is 13.2 Å². The number of hydrogen-bond acceptors (Lipinski definition) is 6. The van der Waals surface area contributed by atoms with Gasteiger partial charge in [-0.1, -0.05) is 0 Å². The van der Waals surface area contributed by atoms with Gasteiger partial charge in [0.1, 0.15) is 17.1 Å². The predicted octanol–water partition coefficient (Wildman–Crippen LogP) is 2.44. The van der Waals surface area contributed by atoms with Gasteiger partial charge in [-0.05, 0) is 31.2 Å². The molecule has 1 aromatic heterocycles. The first-order valence-electron chi connectivity index (χ1n) is 8.81. The molecule has 1 amide bonds. The number of nitrogens with zero attached hydrogens (tertiary/aromatic N) is 3. The van der Waals surface area contributed by atoms with Gasteiger partial charge in [-0.25, -0.2) is 26.5 Å². The zero-order valence-corrected chi connectivity index (χ0v) is 17.4. The van der Waals surface area contributed by atoms with Crippen molar-refractivity contribution < 1.29 is 35.2 Å². The zero-order valence-electron chi connectivity index (χ0n) is 16.5. The van der Waals surface area contributed by atoms with E-state index in [9.17, 15) is 30.8 Å². The summed E-state index contributed by atoms with van der Waals surface area (Å²) >= 11 is 0. The highest BCUT2D eigenvalue weighted by Gasteiger charge is 2.44. The number of pyridine rings is 1. The van der Waals surface area contributed by atoms with Crippen LogP contribution in [0.5, 0.6) is 0 Å². The quantitative estimate of drug-likeness (QED) is 0.659. The fourth-order valence-electron chi connectivity index (χ4n) is 3.10. The lowest BCUT2D eigenvalue weighted by Crippen LogP contribution is -2.50. The Morgan fingerprint density at radius 3 is 2.41 bits per heavy atom. The van der Waals surface area contributed by atoms with Crippen LogP contribution in [0.4, 0.5) is 27.6 Å². The largest absolute Gasteiger partial charge is 0.417 e. The Morgan fingerprint density at radius 2 is 1.88 bits per heavy atom. The van der Waals surface area contributed by atoms with E-state index < -0.39 is 73.5 Å². The molecule has 0 unspecified atom stereocenters. The SMILES string of the molecule is CN1C(N)=N[C@](C)(c2c(F)ccc(NC(=O)c3ccc(C(F)(F)F)cn3)c2F)CS1(=O)=O. The van der Waals surface area contributed by atoms with Crippen LogP contribution in [-0.2, 0) is 21.7 Å². The summed E-state index contributed by atoms with van der Waals surface area (Å²) in [7, 11) is -2.91. The van der Waals surface area contributed by atoms with Crippen LogP contribution in [0.1, 0.15) is 28.5 Å². The number of aromatic nitrogens is 1. The van der Waals surface area contributed by atoms with Crippen molar-refractivity contribution in [3.63, 3.8) is 0 Å². The van der Waals surface area contributed by atoms with Crippen LogP contribution in [0.2, 0.25) is 0 Å². The molecule has 2 heterocycles. The molecule has 2 aromatic rings. The van der Waals surface area contributed by atoms with E-state index in [0.717, 1.165) is 32.2 Å². The Morgan fingerprint density at radius 1 is 1.22 bits per heavy atom. The summed E-state index contributed by atoms with van der Waals surface area (Å²) in [4.78, 5) is 19.6. The molecular weight excluding hydrogens is 461 g/mol. The summed E-state index contributed by atoms with van der Waals surface area (Å²) in [6, 6.07) is 3.07. The topological polar surface area (TPSA) is 118 Å². The normalized spacial score (nSPS) is 20.6. The standard InChI is InChI=1S/C18H16F5N5O3S/c1-17(8-32(30,31)28(2)16(24)27-17)13-10(19)4-6-11(14(13)20)26-15(29)12-5-3-9(7-25-12)18(21,22)23/h3-7H,8H2,1-2H3,(H2,24,27)(H,26,29)/t17-/m0/s1. The second-order valence-corrected chi connectivity index (χ2v) is 9.14. The molecule has 0 spiro atoms. The third-order valence-electron chi connectivity index (χ3n) is 4.77. The lowest BCUT2D eigenvalue weighted by atomic mass is 9.92. The molecule has 3 N–H and O–H groups in total. The van der Waals surface area contributed by atoms with Crippen molar-refractivity contribution in [2.45, 2.75) is 18.6 Å². The molecule has 1 atom stereocenters. The van der Waals surface area contributed by atoms with Crippen LogP contribution in [0, 0.1) is 11.6 Å². The number of benzene rings is 1. The molecule has 0 fully saturated rings. The number of hydrogen-bond donors (Lipinski definition) is 2. The van der Waals surface area contributed by atoms with Gasteiger partial charge in [-0.15, -0.1) is 0 Å². The van der Waals surface area contributed by atoms with E-state index in [1.54, 1.807) is 0 Å². The number of amides is 1. The molecular formula is C18H16F5N5O3S. The highest BCUT2D eigenvalue weighted by atomic mass is 32.2.